The number of nitrogens with one attached hydrogen (secondary N) is 1. The molecule has 1 N–H and O–H groups in total. The fourth-order valence-electron chi connectivity index (χ4n) is 2.87. The average molecular weight is 273 g/mol. The van der Waals surface area contributed by atoms with Gasteiger partial charge in [-0.3, -0.25) is 0 Å². The minimum atomic E-state index is -4.24. The van der Waals surface area contributed by atoms with Gasteiger partial charge in [-0.1, -0.05) is 6.07 Å². The highest BCUT2D eigenvalue weighted by molar-refractivity contribution is 7.99. The minimum Gasteiger partial charge on any atom is -0.317 e. The lowest BCUT2D eigenvalue weighted by Gasteiger charge is -2.34. The molecule has 98 valence electrons. The fraction of sp³-hybridized carbons (Fsp3) is 0.538. The molecule has 0 aliphatic carbocycles. The monoisotopic (exact) mass is 273 g/mol. The summed E-state index contributed by atoms with van der Waals surface area (Å²) in [5, 5.41) is 3.31. The summed E-state index contributed by atoms with van der Waals surface area (Å²) in [5.41, 5.74) is 0.705. The van der Waals surface area contributed by atoms with Crippen LogP contribution in [0.1, 0.15) is 24.0 Å². The maximum atomic E-state index is 12.7. The van der Waals surface area contributed by atoms with Gasteiger partial charge in [0.15, 0.2) is 0 Å². The van der Waals surface area contributed by atoms with Gasteiger partial charge >= 0.3 is 6.18 Å². The molecule has 1 aromatic carbocycles. The van der Waals surface area contributed by atoms with Crippen LogP contribution in [-0.2, 0) is 11.6 Å². The molecule has 3 rings (SSSR count). The van der Waals surface area contributed by atoms with E-state index in [1.807, 2.05) is 0 Å². The number of benzene rings is 1. The van der Waals surface area contributed by atoms with Gasteiger partial charge in [-0.2, -0.15) is 13.2 Å². The zero-order valence-corrected chi connectivity index (χ0v) is 10.6. The van der Waals surface area contributed by atoms with E-state index in [4.69, 9.17) is 0 Å². The van der Waals surface area contributed by atoms with Crippen molar-refractivity contribution in [1.29, 1.82) is 0 Å². The summed E-state index contributed by atoms with van der Waals surface area (Å²) in [5.74, 6) is 0.922. The van der Waals surface area contributed by atoms with Crippen LogP contribution in [0.5, 0.6) is 0 Å². The van der Waals surface area contributed by atoms with Crippen molar-refractivity contribution in [3.05, 3.63) is 29.3 Å². The average Bonchev–Trinajstić information content (AvgIpc) is 2.68. The molecule has 1 fully saturated rings. The number of thioether (sulfide) groups is 1. The topological polar surface area (TPSA) is 12.0 Å². The van der Waals surface area contributed by atoms with Gasteiger partial charge in [0.05, 0.1) is 5.56 Å². The first-order valence-electron chi connectivity index (χ1n) is 6.07. The summed E-state index contributed by atoms with van der Waals surface area (Å²) in [6, 6.07) is 4.24. The quantitative estimate of drug-likeness (QED) is 0.777. The van der Waals surface area contributed by atoms with E-state index in [-0.39, 0.29) is 5.41 Å². The zero-order chi connectivity index (χ0) is 12.8. The maximum absolute atomic E-state index is 12.7. The molecule has 0 radical (unpaired) electrons. The number of hydrogen-bond donors (Lipinski definition) is 1. The van der Waals surface area contributed by atoms with Crippen molar-refractivity contribution in [2.24, 2.45) is 0 Å². The first-order chi connectivity index (χ1) is 8.51. The second kappa shape index (κ2) is 4.17. The van der Waals surface area contributed by atoms with Crippen molar-refractivity contribution in [3.8, 4) is 0 Å². The number of hydrogen-bond acceptors (Lipinski definition) is 2. The van der Waals surface area contributed by atoms with Crippen LogP contribution in [0.2, 0.25) is 0 Å². The molecule has 2 heterocycles. The highest BCUT2D eigenvalue weighted by Crippen LogP contribution is 2.49. The van der Waals surface area contributed by atoms with Crippen LogP contribution < -0.4 is 5.32 Å². The third-order valence-corrected chi connectivity index (χ3v) is 5.29. The van der Waals surface area contributed by atoms with Crippen LogP contribution >= 0.6 is 11.8 Å². The van der Waals surface area contributed by atoms with Crippen LogP contribution in [0, 0.1) is 0 Å². The Labute approximate surface area is 108 Å². The van der Waals surface area contributed by atoms with Crippen LogP contribution in [-0.4, -0.2) is 18.8 Å². The second-order valence-electron chi connectivity index (χ2n) is 5.03. The number of alkyl halides is 3. The third-order valence-electron chi connectivity index (χ3n) is 3.94. The van der Waals surface area contributed by atoms with E-state index < -0.39 is 11.7 Å². The molecule has 0 atom stereocenters. The third kappa shape index (κ3) is 1.93. The summed E-state index contributed by atoms with van der Waals surface area (Å²) in [7, 11) is 0. The van der Waals surface area contributed by atoms with Crippen LogP contribution in [0.4, 0.5) is 13.2 Å². The van der Waals surface area contributed by atoms with E-state index in [9.17, 15) is 13.2 Å². The SMILES string of the molecule is FC(F)(F)c1ccc2c(c1)SCC21CCNCC1. The highest BCUT2D eigenvalue weighted by Gasteiger charge is 2.41. The van der Waals surface area contributed by atoms with Gasteiger partial charge in [-0.25, -0.2) is 0 Å². The Balaban J connectivity index is 1.98. The van der Waals surface area contributed by atoms with Gasteiger partial charge in [-0.05, 0) is 43.6 Å². The van der Waals surface area contributed by atoms with Gasteiger partial charge in [0.1, 0.15) is 0 Å². The highest BCUT2D eigenvalue weighted by atomic mass is 32.2. The fourth-order valence-corrected chi connectivity index (χ4v) is 4.40. The standard InChI is InChI=1S/C13H14F3NS/c14-13(15,16)9-1-2-10-11(7-9)18-8-12(10)3-5-17-6-4-12/h1-2,7,17H,3-6,8H2. The van der Waals surface area contributed by atoms with Crippen LogP contribution in [0.15, 0.2) is 23.1 Å². The maximum Gasteiger partial charge on any atom is 0.416 e. The minimum absolute atomic E-state index is 0.107. The largest absolute Gasteiger partial charge is 0.416 e. The van der Waals surface area contributed by atoms with Crippen molar-refractivity contribution < 1.29 is 13.2 Å². The molecule has 1 spiro atoms. The molecular formula is C13H14F3NS. The van der Waals surface area contributed by atoms with Crippen molar-refractivity contribution in [3.63, 3.8) is 0 Å². The first kappa shape index (κ1) is 12.4. The summed E-state index contributed by atoms with van der Waals surface area (Å²) < 4.78 is 38.0. The molecule has 0 saturated carbocycles. The van der Waals surface area contributed by atoms with Gasteiger partial charge in [-0.15, -0.1) is 11.8 Å². The Hall–Kier alpha value is -0.680. The molecule has 1 saturated heterocycles. The smallest absolute Gasteiger partial charge is 0.317 e. The van der Waals surface area contributed by atoms with Gasteiger partial charge in [0.2, 0.25) is 0 Å². The lowest BCUT2D eigenvalue weighted by atomic mass is 9.75. The Morgan fingerprint density at radius 1 is 1.17 bits per heavy atom. The van der Waals surface area contributed by atoms with Gasteiger partial charge in [0.25, 0.3) is 0 Å². The molecule has 2 aliphatic heterocycles. The van der Waals surface area contributed by atoms with E-state index >= 15 is 0 Å². The van der Waals surface area contributed by atoms with Gasteiger partial charge in [0, 0.05) is 16.1 Å². The summed E-state index contributed by atoms with van der Waals surface area (Å²) in [6.45, 7) is 1.92. The summed E-state index contributed by atoms with van der Waals surface area (Å²) >= 11 is 1.58. The Bertz CT molecular complexity index is 464. The van der Waals surface area contributed by atoms with Crippen LogP contribution in [0.3, 0.4) is 0 Å². The summed E-state index contributed by atoms with van der Waals surface area (Å²) in [6.07, 6.45) is -2.18. The number of rotatable bonds is 0. The molecular weight excluding hydrogens is 259 g/mol. The molecule has 1 nitrogen and oxygen atoms in total. The molecule has 5 heteroatoms. The molecule has 2 aliphatic rings. The van der Waals surface area contributed by atoms with Crippen molar-refractivity contribution in [2.45, 2.75) is 29.3 Å². The molecule has 1 aromatic rings. The number of halogens is 3. The molecule has 0 bridgehead atoms. The van der Waals surface area contributed by atoms with Crippen LogP contribution in [0.25, 0.3) is 0 Å². The van der Waals surface area contributed by atoms with Crippen molar-refractivity contribution >= 4 is 11.8 Å². The van der Waals surface area contributed by atoms with E-state index in [1.165, 1.54) is 12.1 Å². The van der Waals surface area contributed by atoms with E-state index in [2.05, 4.69) is 5.32 Å². The predicted octanol–water partition coefficient (Wildman–Crippen LogP) is 3.43. The van der Waals surface area contributed by atoms with Crippen molar-refractivity contribution in [2.75, 3.05) is 18.8 Å². The Kier molecular flexibility index (Phi) is 2.86. The number of piperidine rings is 1. The molecule has 0 unspecified atom stereocenters. The van der Waals surface area contributed by atoms with E-state index in [0.29, 0.717) is 0 Å². The summed E-state index contributed by atoms with van der Waals surface area (Å²) in [4.78, 5) is 0.826. The number of fused-ring (bicyclic) bond motifs is 2. The molecule has 18 heavy (non-hydrogen) atoms. The van der Waals surface area contributed by atoms with E-state index in [0.717, 1.165) is 42.1 Å². The molecule has 0 amide bonds. The lowest BCUT2D eigenvalue weighted by Crippen LogP contribution is -2.40. The predicted molar refractivity (Wildman–Crippen MR) is 65.9 cm³/mol. The zero-order valence-electron chi connectivity index (χ0n) is 9.81. The van der Waals surface area contributed by atoms with Gasteiger partial charge < -0.3 is 5.32 Å². The second-order valence-corrected chi connectivity index (χ2v) is 6.04. The normalized spacial score (nSPS) is 22.2. The first-order valence-corrected chi connectivity index (χ1v) is 7.05. The molecule has 0 aromatic heterocycles. The van der Waals surface area contributed by atoms with E-state index in [1.54, 1.807) is 17.8 Å². The lowest BCUT2D eigenvalue weighted by molar-refractivity contribution is -0.137. The Morgan fingerprint density at radius 3 is 2.56 bits per heavy atom. The Morgan fingerprint density at radius 2 is 1.89 bits per heavy atom. The van der Waals surface area contributed by atoms with Crippen molar-refractivity contribution in [1.82, 2.24) is 5.32 Å².